The molecule has 1 atom stereocenters. The van der Waals surface area contributed by atoms with Crippen LogP contribution in [-0.4, -0.2) is 34.0 Å². The summed E-state index contributed by atoms with van der Waals surface area (Å²) in [5.41, 5.74) is 1.14. The van der Waals surface area contributed by atoms with Crippen molar-refractivity contribution in [3.05, 3.63) is 29.8 Å². The van der Waals surface area contributed by atoms with Crippen LogP contribution in [0.3, 0.4) is 0 Å². The van der Waals surface area contributed by atoms with E-state index < -0.39 is 8.32 Å². The van der Waals surface area contributed by atoms with Crippen LogP contribution in [0.5, 0.6) is 5.75 Å². The molecule has 0 radical (unpaired) electrons. The lowest BCUT2D eigenvalue weighted by Crippen LogP contribution is -2.39. The second kappa shape index (κ2) is 7.90. The Morgan fingerprint density at radius 1 is 1.26 bits per heavy atom. The molecule has 19 heavy (non-hydrogen) atoms. The van der Waals surface area contributed by atoms with E-state index in [1.54, 1.807) is 7.11 Å². The van der Waals surface area contributed by atoms with Crippen LogP contribution in [-0.2, 0) is 11.0 Å². The molecule has 1 N–H and O–H groups in total. The fourth-order valence-corrected chi connectivity index (χ4v) is 3.29. The van der Waals surface area contributed by atoms with Crippen LogP contribution in [0.25, 0.3) is 0 Å². The Bertz CT molecular complexity index is 382. The third-order valence-electron chi connectivity index (χ3n) is 2.57. The molecule has 1 rings (SSSR count). The monoisotopic (exact) mass is 301 g/mol. The highest BCUT2D eigenvalue weighted by atomic mass is 35.5. The summed E-state index contributed by atoms with van der Waals surface area (Å²) < 4.78 is 11.3. The van der Waals surface area contributed by atoms with E-state index in [2.05, 4.69) is 31.0 Å². The number of methoxy groups -OCH3 is 1. The third-order valence-corrected chi connectivity index (χ3v) is 3.96. The number of ether oxygens (including phenoxy) is 1. The van der Waals surface area contributed by atoms with Crippen molar-refractivity contribution in [2.24, 2.45) is 0 Å². The molecule has 1 unspecified atom stereocenters. The minimum absolute atomic E-state index is 0.0723. The maximum Gasteiger partial charge on any atom is 0.184 e. The Hall–Kier alpha value is -0.553. The van der Waals surface area contributed by atoms with Gasteiger partial charge in [-0.05, 0) is 25.7 Å². The molecule has 3 nitrogen and oxygen atoms in total. The van der Waals surface area contributed by atoms with Gasteiger partial charge in [0.15, 0.2) is 8.32 Å². The van der Waals surface area contributed by atoms with Crippen LogP contribution in [0.4, 0.5) is 0 Å². The van der Waals surface area contributed by atoms with Crippen molar-refractivity contribution < 1.29 is 9.16 Å². The van der Waals surface area contributed by atoms with Gasteiger partial charge in [0, 0.05) is 24.5 Å². The van der Waals surface area contributed by atoms with E-state index in [4.69, 9.17) is 20.8 Å². The minimum atomic E-state index is -1.54. The van der Waals surface area contributed by atoms with Gasteiger partial charge in [-0.1, -0.05) is 18.2 Å². The van der Waals surface area contributed by atoms with Gasteiger partial charge in [-0.15, -0.1) is 11.6 Å². The Morgan fingerprint density at radius 2 is 1.95 bits per heavy atom. The van der Waals surface area contributed by atoms with E-state index in [1.165, 1.54) is 0 Å². The molecular formula is C14H24ClNO2Si. The van der Waals surface area contributed by atoms with Crippen LogP contribution >= 0.6 is 11.6 Å². The van der Waals surface area contributed by atoms with E-state index in [9.17, 15) is 0 Å². The molecule has 0 heterocycles. The van der Waals surface area contributed by atoms with Crippen molar-refractivity contribution in [3.63, 3.8) is 0 Å². The highest BCUT2D eigenvalue weighted by molar-refractivity contribution is 6.69. The first kappa shape index (κ1) is 16.5. The quantitative estimate of drug-likeness (QED) is 0.590. The number of halogens is 1. The summed E-state index contributed by atoms with van der Waals surface area (Å²) in [6.07, 6.45) is 0.0723. The predicted octanol–water partition coefficient (Wildman–Crippen LogP) is 3.24. The van der Waals surface area contributed by atoms with Gasteiger partial charge in [0.1, 0.15) is 5.75 Å². The second-order valence-corrected chi connectivity index (χ2v) is 10.2. The van der Waals surface area contributed by atoms with Crippen molar-refractivity contribution in [1.82, 2.24) is 5.32 Å². The zero-order valence-corrected chi connectivity index (χ0v) is 14.0. The molecule has 0 fully saturated rings. The average molecular weight is 302 g/mol. The summed E-state index contributed by atoms with van der Waals surface area (Å²) in [7, 11) is 0.152. The van der Waals surface area contributed by atoms with Crippen molar-refractivity contribution >= 4 is 19.9 Å². The smallest absolute Gasteiger partial charge is 0.184 e. The molecule has 0 bridgehead atoms. The number of hydrogen-bond donors (Lipinski definition) is 1. The van der Waals surface area contributed by atoms with E-state index in [-0.39, 0.29) is 6.10 Å². The largest absolute Gasteiger partial charge is 0.496 e. The molecule has 0 spiro atoms. The Labute approximate surface area is 122 Å². The number of benzene rings is 1. The second-order valence-electron chi connectivity index (χ2n) is 5.45. The Morgan fingerprint density at radius 3 is 2.53 bits per heavy atom. The summed E-state index contributed by atoms with van der Waals surface area (Å²) >= 11 is 5.95. The lowest BCUT2D eigenvalue weighted by atomic mass is 10.2. The molecule has 108 valence electrons. The SMILES string of the molecule is COc1ccccc1CNCC(CCl)O[Si](C)(C)C. The van der Waals surface area contributed by atoms with Crippen molar-refractivity contribution in [2.75, 3.05) is 19.5 Å². The van der Waals surface area contributed by atoms with E-state index in [0.29, 0.717) is 5.88 Å². The first-order valence-electron chi connectivity index (χ1n) is 6.52. The average Bonchev–Trinajstić information content (AvgIpc) is 2.36. The van der Waals surface area contributed by atoms with Crippen molar-refractivity contribution in [1.29, 1.82) is 0 Å². The number of nitrogens with one attached hydrogen (secondary N) is 1. The van der Waals surface area contributed by atoms with Gasteiger partial charge < -0.3 is 14.5 Å². The molecule has 0 amide bonds. The number of alkyl halides is 1. The lowest BCUT2D eigenvalue weighted by Gasteiger charge is -2.25. The molecule has 0 aliphatic rings. The molecule has 0 saturated carbocycles. The molecular weight excluding hydrogens is 278 g/mol. The Balaban J connectivity index is 2.44. The Kier molecular flexibility index (Phi) is 6.86. The summed E-state index contributed by atoms with van der Waals surface area (Å²) in [6, 6.07) is 8.00. The standard InChI is InChI=1S/C14H24ClNO2Si/c1-17-14-8-6-5-7-12(14)10-16-11-13(9-15)18-19(2,3)4/h5-8,13,16H,9-11H2,1-4H3. The highest BCUT2D eigenvalue weighted by Crippen LogP contribution is 2.16. The molecule has 0 aliphatic carbocycles. The fraction of sp³-hybridized carbons (Fsp3) is 0.571. The van der Waals surface area contributed by atoms with Crippen molar-refractivity contribution in [2.45, 2.75) is 32.3 Å². The van der Waals surface area contributed by atoms with Gasteiger partial charge in [0.05, 0.1) is 13.2 Å². The van der Waals surface area contributed by atoms with Crippen LogP contribution < -0.4 is 10.1 Å². The maximum atomic E-state index is 5.99. The fourth-order valence-electron chi connectivity index (χ4n) is 1.84. The number of hydrogen-bond acceptors (Lipinski definition) is 3. The van der Waals surface area contributed by atoms with E-state index in [1.807, 2.05) is 18.2 Å². The first-order chi connectivity index (χ1) is 8.96. The lowest BCUT2D eigenvalue weighted by molar-refractivity contribution is 0.212. The zero-order chi connectivity index (χ0) is 14.3. The molecule has 5 heteroatoms. The van der Waals surface area contributed by atoms with Gasteiger partial charge in [0.25, 0.3) is 0 Å². The van der Waals surface area contributed by atoms with Gasteiger partial charge in [-0.25, -0.2) is 0 Å². The highest BCUT2D eigenvalue weighted by Gasteiger charge is 2.20. The normalized spacial score (nSPS) is 13.3. The van der Waals surface area contributed by atoms with Crippen LogP contribution in [0.2, 0.25) is 19.6 Å². The topological polar surface area (TPSA) is 30.5 Å². The molecule has 1 aromatic rings. The van der Waals surface area contributed by atoms with E-state index >= 15 is 0 Å². The number of rotatable bonds is 8. The summed E-state index contributed by atoms with van der Waals surface area (Å²) in [6.45, 7) is 8.03. The van der Waals surface area contributed by atoms with Crippen molar-refractivity contribution in [3.8, 4) is 5.75 Å². The van der Waals surface area contributed by atoms with Gasteiger partial charge >= 0.3 is 0 Å². The molecule has 0 aliphatic heterocycles. The first-order valence-corrected chi connectivity index (χ1v) is 10.5. The molecule has 1 aromatic carbocycles. The predicted molar refractivity (Wildman–Crippen MR) is 83.6 cm³/mol. The molecule has 0 saturated heterocycles. The van der Waals surface area contributed by atoms with Crippen LogP contribution in [0.1, 0.15) is 5.56 Å². The number of para-hydroxylation sites is 1. The van der Waals surface area contributed by atoms with Gasteiger partial charge in [-0.2, -0.15) is 0 Å². The summed E-state index contributed by atoms with van der Waals surface area (Å²) in [4.78, 5) is 0. The van der Waals surface area contributed by atoms with Crippen LogP contribution in [0.15, 0.2) is 24.3 Å². The van der Waals surface area contributed by atoms with Crippen LogP contribution in [0, 0.1) is 0 Å². The minimum Gasteiger partial charge on any atom is -0.496 e. The third kappa shape index (κ3) is 6.43. The molecule has 0 aromatic heterocycles. The van der Waals surface area contributed by atoms with Gasteiger partial charge in [-0.3, -0.25) is 0 Å². The van der Waals surface area contributed by atoms with Gasteiger partial charge in [0.2, 0.25) is 0 Å². The maximum absolute atomic E-state index is 5.99. The zero-order valence-electron chi connectivity index (χ0n) is 12.2. The summed E-state index contributed by atoms with van der Waals surface area (Å²) in [5, 5.41) is 3.38. The van der Waals surface area contributed by atoms with E-state index in [0.717, 1.165) is 24.4 Å². The summed E-state index contributed by atoms with van der Waals surface area (Å²) in [5.74, 6) is 1.42.